The molecule has 0 bridgehead atoms. The van der Waals surface area contributed by atoms with Crippen molar-refractivity contribution >= 4 is 12.2 Å². The third kappa shape index (κ3) is 6.36. The molecule has 4 rings (SSSR count). The smallest absolute Gasteiger partial charge is 0.410 e. The van der Waals surface area contributed by atoms with E-state index in [1.54, 1.807) is 4.90 Å². The number of likely N-dealkylation sites (N-methyl/N-ethyl adjacent to an activating group) is 1. The minimum Gasteiger partial charge on any atom is -0.489 e. The van der Waals surface area contributed by atoms with Gasteiger partial charge in [-0.1, -0.05) is 72.8 Å². The lowest BCUT2D eigenvalue weighted by Crippen LogP contribution is -2.54. The molecule has 0 aliphatic carbocycles. The van der Waals surface area contributed by atoms with Crippen molar-refractivity contribution in [3.63, 3.8) is 0 Å². The zero-order valence-electron chi connectivity index (χ0n) is 20.5. The van der Waals surface area contributed by atoms with E-state index in [-0.39, 0.29) is 25.1 Å². The first-order valence-corrected chi connectivity index (χ1v) is 12.3. The summed E-state index contributed by atoms with van der Waals surface area (Å²) in [5, 5.41) is 9.65. The molecule has 7 heteroatoms. The fraction of sp³-hybridized carbons (Fsp3) is 0.310. The Balaban J connectivity index is 1.52. The molecule has 1 heterocycles. The number of ether oxygens (including phenoxy) is 2. The summed E-state index contributed by atoms with van der Waals surface area (Å²) in [5.74, 6) is 0.690. The monoisotopic (exact) mass is 488 g/mol. The van der Waals surface area contributed by atoms with Crippen LogP contribution in [0.5, 0.6) is 5.75 Å². The fourth-order valence-electron chi connectivity index (χ4n) is 4.69. The minimum absolute atomic E-state index is 0.0508. The van der Waals surface area contributed by atoms with Crippen LogP contribution in [0.4, 0.5) is 9.59 Å². The summed E-state index contributed by atoms with van der Waals surface area (Å²) >= 11 is 0. The van der Waals surface area contributed by atoms with Crippen LogP contribution in [0.3, 0.4) is 0 Å². The number of piperidine rings is 1. The molecule has 0 spiro atoms. The van der Waals surface area contributed by atoms with Crippen molar-refractivity contribution < 1.29 is 24.2 Å². The fourth-order valence-corrected chi connectivity index (χ4v) is 4.69. The summed E-state index contributed by atoms with van der Waals surface area (Å²) in [5.41, 5.74) is 3.00. The zero-order valence-corrected chi connectivity index (χ0v) is 20.5. The van der Waals surface area contributed by atoms with E-state index < -0.39 is 12.2 Å². The number of hydrogen-bond donors (Lipinski definition) is 1. The SMILES string of the molecule is CCN(C(=O)OCc1ccccc1)[C@H]1CN(C(=O)O)CC[C@@H]1c1cccc(OCc2ccccc2)c1. The second-order valence-electron chi connectivity index (χ2n) is 8.86. The molecule has 2 atom stereocenters. The van der Waals surface area contributed by atoms with Crippen molar-refractivity contribution in [3.05, 3.63) is 102 Å². The van der Waals surface area contributed by atoms with Crippen molar-refractivity contribution in [1.29, 1.82) is 0 Å². The van der Waals surface area contributed by atoms with Crippen LogP contribution < -0.4 is 4.74 Å². The van der Waals surface area contributed by atoms with Gasteiger partial charge >= 0.3 is 12.2 Å². The number of benzene rings is 3. The predicted octanol–water partition coefficient (Wildman–Crippen LogP) is 5.76. The van der Waals surface area contributed by atoms with Crippen LogP contribution in [0.15, 0.2) is 84.9 Å². The third-order valence-corrected chi connectivity index (χ3v) is 6.57. The van der Waals surface area contributed by atoms with Crippen molar-refractivity contribution in [2.75, 3.05) is 19.6 Å². The van der Waals surface area contributed by atoms with Gasteiger partial charge in [0.05, 0.1) is 6.04 Å². The van der Waals surface area contributed by atoms with Gasteiger partial charge in [0.15, 0.2) is 0 Å². The zero-order chi connectivity index (χ0) is 25.3. The molecule has 1 aliphatic rings. The Morgan fingerprint density at radius 2 is 1.61 bits per heavy atom. The van der Waals surface area contributed by atoms with Gasteiger partial charge in [-0.05, 0) is 42.2 Å². The lowest BCUT2D eigenvalue weighted by Gasteiger charge is -2.42. The topological polar surface area (TPSA) is 79.3 Å². The van der Waals surface area contributed by atoms with Crippen molar-refractivity contribution in [2.24, 2.45) is 0 Å². The maximum absolute atomic E-state index is 13.1. The van der Waals surface area contributed by atoms with Gasteiger partial charge in [-0.15, -0.1) is 0 Å². The number of carbonyl (C=O) groups is 2. The Morgan fingerprint density at radius 3 is 2.25 bits per heavy atom. The van der Waals surface area contributed by atoms with Crippen LogP contribution in [-0.4, -0.2) is 52.8 Å². The molecule has 1 aliphatic heterocycles. The highest BCUT2D eigenvalue weighted by molar-refractivity contribution is 5.69. The molecule has 36 heavy (non-hydrogen) atoms. The number of hydrogen-bond acceptors (Lipinski definition) is 4. The standard InChI is InChI=1S/C29H32N2O5/c1-2-31(29(34)36-21-23-12-7-4-8-13-23)27-19-30(28(32)33)17-16-26(27)24-14-9-15-25(18-24)35-20-22-10-5-3-6-11-22/h3-15,18,26-27H,2,16-17,19-21H2,1H3,(H,32,33)/t26-,27+/m1/s1. The Bertz CT molecular complexity index is 1140. The van der Waals surface area contributed by atoms with E-state index in [1.165, 1.54) is 4.90 Å². The number of likely N-dealkylation sites (tertiary alicyclic amines) is 1. The molecule has 7 nitrogen and oxygen atoms in total. The number of rotatable bonds is 8. The summed E-state index contributed by atoms with van der Waals surface area (Å²) in [6.45, 7) is 3.55. The lowest BCUT2D eigenvalue weighted by molar-refractivity contribution is 0.0493. The Morgan fingerprint density at radius 1 is 0.944 bits per heavy atom. The second-order valence-corrected chi connectivity index (χ2v) is 8.86. The molecule has 0 saturated carbocycles. The van der Waals surface area contributed by atoms with Gasteiger partial charge in [-0.25, -0.2) is 9.59 Å². The van der Waals surface area contributed by atoms with E-state index in [0.717, 1.165) is 22.4 Å². The maximum Gasteiger partial charge on any atom is 0.410 e. The van der Waals surface area contributed by atoms with Gasteiger partial charge < -0.3 is 24.4 Å². The summed E-state index contributed by atoms with van der Waals surface area (Å²) < 4.78 is 11.7. The molecule has 3 aromatic rings. The summed E-state index contributed by atoms with van der Waals surface area (Å²) in [7, 11) is 0. The van der Waals surface area contributed by atoms with E-state index in [1.807, 2.05) is 91.9 Å². The van der Waals surface area contributed by atoms with E-state index >= 15 is 0 Å². The molecule has 1 N–H and O–H groups in total. The molecule has 0 aromatic heterocycles. The molecular weight excluding hydrogens is 456 g/mol. The average Bonchev–Trinajstić information content (AvgIpc) is 2.92. The van der Waals surface area contributed by atoms with Crippen molar-refractivity contribution in [2.45, 2.75) is 38.5 Å². The number of carboxylic acid groups (broad SMARTS) is 1. The van der Waals surface area contributed by atoms with E-state index in [4.69, 9.17) is 9.47 Å². The maximum atomic E-state index is 13.1. The summed E-state index contributed by atoms with van der Waals surface area (Å²) in [6, 6.07) is 27.0. The van der Waals surface area contributed by atoms with Crippen LogP contribution in [-0.2, 0) is 18.0 Å². The van der Waals surface area contributed by atoms with Gasteiger partial charge in [0, 0.05) is 25.6 Å². The summed E-state index contributed by atoms with van der Waals surface area (Å²) in [4.78, 5) is 28.0. The molecule has 0 radical (unpaired) electrons. The largest absolute Gasteiger partial charge is 0.489 e. The number of nitrogens with zero attached hydrogens (tertiary/aromatic N) is 2. The van der Waals surface area contributed by atoms with Crippen LogP contribution in [0.25, 0.3) is 0 Å². The Kier molecular flexibility index (Phi) is 8.44. The Labute approximate surface area is 211 Å². The molecule has 0 unspecified atom stereocenters. The van der Waals surface area contributed by atoms with Gasteiger partial charge in [-0.3, -0.25) is 0 Å². The molecule has 2 amide bonds. The van der Waals surface area contributed by atoms with Crippen LogP contribution in [0.1, 0.15) is 36.0 Å². The first-order chi connectivity index (χ1) is 17.5. The van der Waals surface area contributed by atoms with Gasteiger partial charge in [0.25, 0.3) is 0 Å². The number of carbonyl (C=O) groups excluding carboxylic acids is 1. The van der Waals surface area contributed by atoms with Gasteiger partial charge in [-0.2, -0.15) is 0 Å². The Hall–Kier alpha value is -4.00. The molecule has 1 fully saturated rings. The first kappa shape index (κ1) is 25.1. The predicted molar refractivity (Wildman–Crippen MR) is 137 cm³/mol. The molecule has 188 valence electrons. The number of amides is 2. The van der Waals surface area contributed by atoms with Crippen LogP contribution in [0.2, 0.25) is 0 Å². The normalized spacial score (nSPS) is 17.3. The van der Waals surface area contributed by atoms with Crippen molar-refractivity contribution in [3.8, 4) is 5.75 Å². The first-order valence-electron chi connectivity index (χ1n) is 12.3. The minimum atomic E-state index is -0.980. The van der Waals surface area contributed by atoms with E-state index in [0.29, 0.717) is 26.1 Å². The van der Waals surface area contributed by atoms with E-state index in [9.17, 15) is 14.7 Å². The quantitative estimate of drug-likeness (QED) is 0.436. The van der Waals surface area contributed by atoms with Crippen molar-refractivity contribution in [1.82, 2.24) is 9.80 Å². The highest BCUT2D eigenvalue weighted by Crippen LogP contribution is 2.34. The van der Waals surface area contributed by atoms with Gasteiger partial charge in [0.1, 0.15) is 19.0 Å². The average molecular weight is 489 g/mol. The van der Waals surface area contributed by atoms with Crippen LogP contribution in [0, 0.1) is 0 Å². The third-order valence-electron chi connectivity index (χ3n) is 6.57. The second kappa shape index (κ2) is 12.1. The highest BCUT2D eigenvalue weighted by Gasteiger charge is 2.38. The molecule has 1 saturated heterocycles. The van der Waals surface area contributed by atoms with E-state index in [2.05, 4.69) is 0 Å². The summed E-state index contributed by atoms with van der Waals surface area (Å²) in [6.07, 6.45) is -0.825. The molecular formula is C29H32N2O5. The highest BCUT2D eigenvalue weighted by atomic mass is 16.6. The lowest BCUT2D eigenvalue weighted by atomic mass is 9.84. The molecule has 3 aromatic carbocycles. The van der Waals surface area contributed by atoms with Crippen LogP contribution >= 0.6 is 0 Å². The van der Waals surface area contributed by atoms with Gasteiger partial charge in [0.2, 0.25) is 0 Å².